The molecule has 0 amide bonds. The summed E-state index contributed by atoms with van der Waals surface area (Å²) < 4.78 is 0. The Bertz CT molecular complexity index is 169. The quantitative estimate of drug-likeness (QED) is 0.469. The summed E-state index contributed by atoms with van der Waals surface area (Å²) in [7, 11) is 0. The van der Waals surface area contributed by atoms with Crippen LogP contribution in [0.4, 0.5) is 0 Å². The molecule has 1 radical (unpaired) electrons. The zero-order valence-electron chi connectivity index (χ0n) is 3.34. The first-order valence-electron chi connectivity index (χ1n) is 1.62. The SMILES string of the molecule is N#Cc1n[c]n[nH]1. The van der Waals surface area contributed by atoms with E-state index in [1.807, 2.05) is 0 Å². The molecule has 0 fully saturated rings. The summed E-state index contributed by atoms with van der Waals surface area (Å²) >= 11 is 0. The van der Waals surface area contributed by atoms with E-state index in [-0.39, 0.29) is 5.82 Å². The fourth-order valence-electron chi connectivity index (χ4n) is 0.228. The van der Waals surface area contributed by atoms with E-state index in [1.165, 1.54) is 0 Å². The van der Waals surface area contributed by atoms with Crippen LogP contribution in [0.3, 0.4) is 0 Å². The molecule has 0 bridgehead atoms. The molecular weight excluding hydrogens is 92.1 g/mol. The van der Waals surface area contributed by atoms with Gasteiger partial charge in [-0.3, -0.25) is 5.10 Å². The Hall–Kier alpha value is -1.37. The molecule has 0 atom stereocenters. The first-order valence-corrected chi connectivity index (χ1v) is 1.62. The first-order chi connectivity index (χ1) is 3.43. The molecule has 1 rings (SSSR count). The van der Waals surface area contributed by atoms with Gasteiger partial charge in [0.1, 0.15) is 6.07 Å². The van der Waals surface area contributed by atoms with Gasteiger partial charge in [-0.1, -0.05) is 0 Å². The highest BCUT2D eigenvalue weighted by atomic mass is 15.2. The lowest BCUT2D eigenvalue weighted by molar-refractivity contribution is 1.07. The number of rotatable bonds is 0. The maximum atomic E-state index is 8.02. The largest absolute Gasteiger partial charge is 0.250 e. The minimum Gasteiger partial charge on any atom is -0.250 e. The molecule has 0 aliphatic rings. The Morgan fingerprint density at radius 1 is 1.86 bits per heavy atom. The van der Waals surface area contributed by atoms with Crippen LogP contribution in [0.2, 0.25) is 0 Å². The molecule has 4 nitrogen and oxygen atoms in total. The summed E-state index contributed by atoms with van der Waals surface area (Å²) in [5.74, 6) is 0.194. The van der Waals surface area contributed by atoms with Gasteiger partial charge in [0, 0.05) is 0 Å². The Kier molecular flexibility index (Phi) is 0.755. The minimum absolute atomic E-state index is 0.194. The minimum atomic E-state index is 0.194. The first kappa shape index (κ1) is 3.81. The molecule has 7 heavy (non-hydrogen) atoms. The van der Waals surface area contributed by atoms with Crippen molar-refractivity contribution in [3.05, 3.63) is 12.2 Å². The summed E-state index contributed by atoms with van der Waals surface area (Å²) in [5, 5.41) is 13.6. The van der Waals surface area contributed by atoms with Crippen LogP contribution >= 0.6 is 0 Å². The van der Waals surface area contributed by atoms with E-state index < -0.39 is 0 Å². The molecule has 0 saturated carbocycles. The van der Waals surface area contributed by atoms with Crippen LogP contribution in [0.25, 0.3) is 0 Å². The van der Waals surface area contributed by atoms with Gasteiger partial charge in [0.25, 0.3) is 0 Å². The van der Waals surface area contributed by atoms with Gasteiger partial charge in [0.05, 0.1) is 0 Å². The van der Waals surface area contributed by atoms with Crippen molar-refractivity contribution in [3.63, 3.8) is 0 Å². The highest BCUT2D eigenvalue weighted by Gasteiger charge is 1.85. The lowest BCUT2D eigenvalue weighted by Crippen LogP contribution is -1.72. The van der Waals surface area contributed by atoms with Gasteiger partial charge in [0.15, 0.2) is 0 Å². The van der Waals surface area contributed by atoms with E-state index in [2.05, 4.69) is 21.5 Å². The number of H-pyrrole nitrogens is 1. The second-order valence-electron chi connectivity index (χ2n) is 0.896. The fourth-order valence-corrected chi connectivity index (χ4v) is 0.228. The van der Waals surface area contributed by atoms with Crippen LogP contribution in [0.1, 0.15) is 5.82 Å². The van der Waals surface area contributed by atoms with Gasteiger partial charge in [-0.05, 0) is 0 Å². The van der Waals surface area contributed by atoms with Crippen molar-refractivity contribution < 1.29 is 0 Å². The fraction of sp³-hybridized carbons (Fsp3) is 0. The Morgan fingerprint density at radius 2 is 2.71 bits per heavy atom. The molecule has 1 aromatic heterocycles. The van der Waals surface area contributed by atoms with E-state index in [9.17, 15) is 0 Å². The average molecular weight is 93.1 g/mol. The summed E-state index contributed by atoms with van der Waals surface area (Å²) in [4.78, 5) is 3.38. The van der Waals surface area contributed by atoms with Gasteiger partial charge in [-0.2, -0.15) is 10.2 Å². The predicted octanol–water partition coefficient (Wildman–Crippen LogP) is -0.523. The molecule has 0 aromatic carbocycles. The molecule has 0 spiro atoms. The number of nitriles is 1. The molecule has 1 N–H and O–H groups in total. The van der Waals surface area contributed by atoms with E-state index in [0.717, 1.165) is 0 Å². The monoisotopic (exact) mass is 93.0 g/mol. The molecule has 4 heteroatoms. The van der Waals surface area contributed by atoms with Gasteiger partial charge in [-0.25, -0.2) is 0 Å². The standard InChI is InChI=1S/C3HN4/c4-1-3-5-2-6-7-3/h(H,5,6,7). The van der Waals surface area contributed by atoms with Crippen LogP contribution < -0.4 is 0 Å². The molecule has 1 aromatic rings. The maximum absolute atomic E-state index is 8.02. The van der Waals surface area contributed by atoms with E-state index in [0.29, 0.717) is 0 Å². The summed E-state index contributed by atoms with van der Waals surface area (Å²) in [5.41, 5.74) is 0. The number of aromatic nitrogens is 3. The molecule has 0 aliphatic heterocycles. The predicted molar refractivity (Wildman–Crippen MR) is 19.9 cm³/mol. The number of aromatic amines is 1. The van der Waals surface area contributed by atoms with Gasteiger partial charge < -0.3 is 0 Å². The molecule has 0 aliphatic carbocycles. The van der Waals surface area contributed by atoms with Gasteiger partial charge >= 0.3 is 0 Å². The van der Waals surface area contributed by atoms with Crippen molar-refractivity contribution >= 4 is 0 Å². The third-order valence-corrected chi connectivity index (χ3v) is 0.480. The molecular formula is C3HN4. The number of nitrogens with zero attached hydrogens (tertiary/aromatic N) is 3. The Morgan fingerprint density at radius 3 is 3.00 bits per heavy atom. The Labute approximate surface area is 39.8 Å². The van der Waals surface area contributed by atoms with Crippen LogP contribution in [0, 0.1) is 17.7 Å². The van der Waals surface area contributed by atoms with Crippen molar-refractivity contribution in [2.24, 2.45) is 0 Å². The zero-order valence-corrected chi connectivity index (χ0v) is 3.34. The zero-order chi connectivity index (χ0) is 5.11. The Balaban J connectivity index is 3.04. The topological polar surface area (TPSA) is 65.4 Å². The highest BCUT2D eigenvalue weighted by molar-refractivity contribution is 5.03. The number of nitrogens with one attached hydrogen (secondary N) is 1. The van der Waals surface area contributed by atoms with Crippen molar-refractivity contribution in [1.82, 2.24) is 15.2 Å². The third kappa shape index (κ3) is 0.550. The van der Waals surface area contributed by atoms with E-state index in [1.54, 1.807) is 6.07 Å². The van der Waals surface area contributed by atoms with Crippen molar-refractivity contribution in [1.29, 1.82) is 5.26 Å². The molecule has 33 valence electrons. The summed E-state index contributed by atoms with van der Waals surface area (Å²) in [6.45, 7) is 0. The summed E-state index contributed by atoms with van der Waals surface area (Å²) in [6, 6.07) is 1.75. The second kappa shape index (κ2) is 1.39. The van der Waals surface area contributed by atoms with E-state index >= 15 is 0 Å². The smallest absolute Gasteiger partial charge is 0.228 e. The van der Waals surface area contributed by atoms with Crippen molar-refractivity contribution in [3.8, 4) is 6.07 Å². The molecule has 0 saturated heterocycles. The highest BCUT2D eigenvalue weighted by Crippen LogP contribution is 1.74. The normalized spacial score (nSPS) is 7.86. The van der Waals surface area contributed by atoms with Gasteiger partial charge in [-0.15, -0.1) is 5.10 Å². The van der Waals surface area contributed by atoms with Crippen LogP contribution in [0.15, 0.2) is 0 Å². The van der Waals surface area contributed by atoms with Crippen LogP contribution in [0.5, 0.6) is 0 Å². The summed E-state index contributed by atoms with van der Waals surface area (Å²) in [6.07, 6.45) is 2.20. The third-order valence-electron chi connectivity index (χ3n) is 0.480. The number of hydrogen-bond acceptors (Lipinski definition) is 3. The molecule has 1 heterocycles. The lowest BCUT2D eigenvalue weighted by atomic mass is 10.7. The van der Waals surface area contributed by atoms with Crippen molar-refractivity contribution in [2.75, 3.05) is 0 Å². The maximum Gasteiger partial charge on any atom is 0.228 e. The van der Waals surface area contributed by atoms with E-state index in [4.69, 9.17) is 5.26 Å². The van der Waals surface area contributed by atoms with Crippen LogP contribution in [-0.4, -0.2) is 15.2 Å². The van der Waals surface area contributed by atoms with Gasteiger partial charge in [0.2, 0.25) is 12.2 Å². The molecule has 0 unspecified atom stereocenters. The number of hydrogen-bond donors (Lipinski definition) is 1. The lowest BCUT2D eigenvalue weighted by Gasteiger charge is -1.62. The van der Waals surface area contributed by atoms with Crippen molar-refractivity contribution in [2.45, 2.75) is 0 Å². The second-order valence-corrected chi connectivity index (χ2v) is 0.896. The van der Waals surface area contributed by atoms with Crippen LogP contribution in [-0.2, 0) is 0 Å². The average Bonchev–Trinajstić information content (AvgIpc) is 2.14.